The molecule has 2 aromatic carbocycles. The van der Waals surface area contributed by atoms with Gasteiger partial charge in [-0.15, -0.1) is 0 Å². The Morgan fingerprint density at radius 2 is 1.57 bits per heavy atom. The number of carboxylic acid groups (broad SMARTS) is 1. The lowest BCUT2D eigenvalue weighted by molar-refractivity contribution is -0.142. The van der Waals surface area contributed by atoms with Gasteiger partial charge in [0.25, 0.3) is 0 Å². The maximum Gasteiger partial charge on any atom is 0.326 e. The first-order valence-electron chi connectivity index (χ1n) is 13.2. The number of rotatable bonds is 11. The molecule has 0 aliphatic heterocycles. The maximum atomic E-state index is 13.2. The molecule has 1 saturated carbocycles. The fraction of sp³-hybridized carbons (Fsp3) is 0.500. The fourth-order valence-electron chi connectivity index (χ4n) is 4.65. The molecule has 2 atom stereocenters. The Labute approximate surface area is 220 Å². The number of carbonyl (C=O) groups excluding carboxylic acids is 2. The zero-order valence-corrected chi connectivity index (χ0v) is 22.2. The van der Waals surface area contributed by atoms with Crippen molar-refractivity contribution in [2.45, 2.75) is 77.8 Å². The van der Waals surface area contributed by atoms with Crippen LogP contribution in [0.1, 0.15) is 64.0 Å². The van der Waals surface area contributed by atoms with Gasteiger partial charge in [0, 0.05) is 6.42 Å². The van der Waals surface area contributed by atoms with Gasteiger partial charge in [-0.3, -0.25) is 9.59 Å². The van der Waals surface area contributed by atoms with Gasteiger partial charge in [-0.2, -0.15) is 0 Å². The van der Waals surface area contributed by atoms with Crippen molar-refractivity contribution in [2.75, 3.05) is 6.61 Å². The standard InChI is InChI=1S/C30H40N2O5/c1-30(2,3)27(32-26(33)19-21-10-6-4-7-11-21)28(34)31-25(29(35)36)18-22-14-16-24(17-15-22)37-20-23-12-8-5-9-13-23/h4,6-7,10-11,14-17,23,25,27H,5,8-9,12-13,18-20H2,1-3H3,(H,31,34)(H,32,33)(H,35,36)/t25-,27+/m0/s1. The Balaban J connectivity index is 1.58. The number of carboxylic acids is 1. The Kier molecular flexibility index (Phi) is 10.1. The molecule has 37 heavy (non-hydrogen) atoms. The second-order valence-corrected chi connectivity index (χ2v) is 11.1. The molecule has 2 amide bonds. The van der Waals surface area contributed by atoms with Gasteiger partial charge in [0.05, 0.1) is 13.0 Å². The summed E-state index contributed by atoms with van der Waals surface area (Å²) in [6.07, 6.45) is 6.52. The molecule has 3 rings (SSSR count). The van der Waals surface area contributed by atoms with Crippen molar-refractivity contribution in [1.29, 1.82) is 0 Å². The summed E-state index contributed by atoms with van der Waals surface area (Å²) in [7, 11) is 0. The molecular weight excluding hydrogens is 468 g/mol. The summed E-state index contributed by atoms with van der Waals surface area (Å²) < 4.78 is 5.94. The lowest BCUT2D eigenvalue weighted by Crippen LogP contribution is -2.57. The van der Waals surface area contributed by atoms with E-state index in [0.717, 1.165) is 16.9 Å². The van der Waals surface area contributed by atoms with Crippen LogP contribution < -0.4 is 15.4 Å². The number of carbonyl (C=O) groups is 3. The highest BCUT2D eigenvalue weighted by Crippen LogP contribution is 2.25. The number of aliphatic carboxylic acids is 1. The molecule has 1 aliphatic rings. The third-order valence-electron chi connectivity index (χ3n) is 6.83. The molecule has 0 unspecified atom stereocenters. The Bertz CT molecular complexity index is 1020. The lowest BCUT2D eigenvalue weighted by Gasteiger charge is -2.31. The van der Waals surface area contributed by atoms with Crippen LogP contribution in [0.2, 0.25) is 0 Å². The minimum atomic E-state index is -1.13. The topological polar surface area (TPSA) is 105 Å². The molecule has 0 aromatic heterocycles. The van der Waals surface area contributed by atoms with E-state index in [1.165, 1.54) is 32.1 Å². The van der Waals surface area contributed by atoms with Gasteiger partial charge in [-0.05, 0) is 47.4 Å². The van der Waals surface area contributed by atoms with E-state index in [-0.39, 0.29) is 18.7 Å². The highest BCUT2D eigenvalue weighted by Gasteiger charge is 2.35. The summed E-state index contributed by atoms with van der Waals surface area (Å²) in [6, 6.07) is 14.6. The molecule has 0 heterocycles. The Morgan fingerprint density at radius 3 is 2.16 bits per heavy atom. The first kappa shape index (κ1) is 28.2. The van der Waals surface area contributed by atoms with Crippen LogP contribution in [0.3, 0.4) is 0 Å². The molecule has 0 saturated heterocycles. The van der Waals surface area contributed by atoms with E-state index in [1.54, 1.807) is 0 Å². The highest BCUT2D eigenvalue weighted by atomic mass is 16.5. The van der Waals surface area contributed by atoms with Crippen molar-refractivity contribution in [3.63, 3.8) is 0 Å². The quantitative estimate of drug-likeness (QED) is 0.414. The zero-order chi connectivity index (χ0) is 26.8. The number of hydrogen-bond acceptors (Lipinski definition) is 4. The van der Waals surface area contributed by atoms with Crippen LogP contribution in [-0.2, 0) is 27.2 Å². The molecule has 3 N–H and O–H groups in total. The third-order valence-corrected chi connectivity index (χ3v) is 6.83. The van der Waals surface area contributed by atoms with Crippen molar-refractivity contribution in [2.24, 2.45) is 11.3 Å². The summed E-state index contributed by atoms with van der Waals surface area (Å²) in [5, 5.41) is 15.2. The molecule has 1 fully saturated rings. The van der Waals surface area contributed by atoms with Crippen LogP contribution in [0.25, 0.3) is 0 Å². The fourth-order valence-corrected chi connectivity index (χ4v) is 4.65. The zero-order valence-electron chi connectivity index (χ0n) is 22.2. The van der Waals surface area contributed by atoms with E-state index < -0.39 is 29.4 Å². The van der Waals surface area contributed by atoms with Gasteiger partial charge in [0.1, 0.15) is 17.8 Å². The number of benzene rings is 2. The average molecular weight is 509 g/mol. The van der Waals surface area contributed by atoms with Gasteiger partial charge >= 0.3 is 5.97 Å². The van der Waals surface area contributed by atoms with Crippen molar-refractivity contribution >= 4 is 17.8 Å². The molecule has 7 heteroatoms. The lowest BCUT2D eigenvalue weighted by atomic mass is 9.85. The monoisotopic (exact) mass is 508 g/mol. The molecule has 0 radical (unpaired) electrons. The molecule has 7 nitrogen and oxygen atoms in total. The molecule has 2 aromatic rings. The first-order chi connectivity index (χ1) is 17.6. The summed E-state index contributed by atoms with van der Waals surface area (Å²) in [6.45, 7) is 6.21. The number of hydrogen-bond donors (Lipinski definition) is 3. The SMILES string of the molecule is CC(C)(C)[C@H](NC(=O)Cc1ccccc1)C(=O)N[C@@H](Cc1ccc(OCC2CCCCC2)cc1)C(=O)O. The van der Waals surface area contributed by atoms with Crippen LogP contribution in [0.15, 0.2) is 54.6 Å². The molecule has 0 spiro atoms. The Morgan fingerprint density at radius 1 is 0.919 bits per heavy atom. The molecule has 200 valence electrons. The minimum Gasteiger partial charge on any atom is -0.493 e. The van der Waals surface area contributed by atoms with Gasteiger partial charge in [0.2, 0.25) is 11.8 Å². The summed E-state index contributed by atoms with van der Waals surface area (Å²) in [5.41, 5.74) is 0.998. The summed E-state index contributed by atoms with van der Waals surface area (Å²) in [4.78, 5) is 37.8. The van der Waals surface area contributed by atoms with Crippen LogP contribution in [-0.4, -0.2) is 41.6 Å². The first-order valence-corrected chi connectivity index (χ1v) is 13.2. The average Bonchev–Trinajstić information content (AvgIpc) is 2.87. The molecule has 1 aliphatic carbocycles. The van der Waals surface area contributed by atoms with E-state index in [1.807, 2.05) is 75.4 Å². The van der Waals surface area contributed by atoms with Crippen molar-refractivity contribution in [1.82, 2.24) is 10.6 Å². The largest absolute Gasteiger partial charge is 0.493 e. The van der Waals surface area contributed by atoms with Gasteiger partial charge in [-0.25, -0.2) is 4.79 Å². The predicted molar refractivity (Wildman–Crippen MR) is 143 cm³/mol. The van der Waals surface area contributed by atoms with E-state index >= 15 is 0 Å². The second-order valence-electron chi connectivity index (χ2n) is 11.1. The summed E-state index contributed by atoms with van der Waals surface area (Å²) >= 11 is 0. The van der Waals surface area contributed by atoms with E-state index in [4.69, 9.17) is 4.74 Å². The summed E-state index contributed by atoms with van der Waals surface area (Å²) in [5.74, 6) is -0.580. The van der Waals surface area contributed by atoms with E-state index in [2.05, 4.69) is 10.6 Å². The highest BCUT2D eigenvalue weighted by molar-refractivity contribution is 5.91. The van der Waals surface area contributed by atoms with Crippen molar-refractivity contribution in [3.05, 3.63) is 65.7 Å². The van der Waals surface area contributed by atoms with Crippen LogP contribution in [0.4, 0.5) is 0 Å². The van der Waals surface area contributed by atoms with Crippen molar-refractivity contribution in [3.8, 4) is 5.75 Å². The van der Waals surface area contributed by atoms with Gasteiger partial charge in [-0.1, -0.05) is 82.5 Å². The second kappa shape index (κ2) is 13.3. The predicted octanol–water partition coefficient (Wildman–Crippen LogP) is 4.53. The van der Waals surface area contributed by atoms with Gasteiger partial charge < -0.3 is 20.5 Å². The van der Waals surface area contributed by atoms with Crippen LogP contribution in [0, 0.1) is 11.3 Å². The van der Waals surface area contributed by atoms with Crippen LogP contribution >= 0.6 is 0 Å². The van der Waals surface area contributed by atoms with Crippen molar-refractivity contribution < 1.29 is 24.2 Å². The Hall–Kier alpha value is -3.35. The minimum absolute atomic E-state index is 0.124. The smallest absolute Gasteiger partial charge is 0.326 e. The van der Waals surface area contributed by atoms with Crippen LogP contribution in [0.5, 0.6) is 5.75 Å². The number of amides is 2. The normalized spacial score (nSPS) is 15.9. The number of ether oxygens (including phenoxy) is 1. The third kappa shape index (κ3) is 9.23. The maximum absolute atomic E-state index is 13.2. The molecule has 0 bridgehead atoms. The number of nitrogens with one attached hydrogen (secondary N) is 2. The van der Waals surface area contributed by atoms with E-state index in [9.17, 15) is 19.5 Å². The van der Waals surface area contributed by atoms with E-state index in [0.29, 0.717) is 12.5 Å². The van der Waals surface area contributed by atoms with Gasteiger partial charge in [0.15, 0.2) is 0 Å². The molecular formula is C30H40N2O5.